The summed E-state index contributed by atoms with van der Waals surface area (Å²) < 4.78 is 5.64. The number of nitrogens with one attached hydrogen (secondary N) is 2. The number of para-hydroxylation sites is 1. The minimum Gasteiger partial charge on any atom is -0.494 e. The normalized spacial score (nSPS) is 11.3. The van der Waals surface area contributed by atoms with Gasteiger partial charge in [0.2, 0.25) is 0 Å². The zero-order chi connectivity index (χ0) is 16.5. The molecule has 0 bridgehead atoms. The lowest BCUT2D eigenvalue weighted by molar-refractivity contribution is 0.336. The molecular weight excluding hydrogens is 308 g/mol. The molecule has 0 aliphatic heterocycles. The van der Waals surface area contributed by atoms with Crippen LogP contribution in [0.4, 0.5) is 0 Å². The van der Waals surface area contributed by atoms with Gasteiger partial charge in [-0.3, -0.25) is 4.99 Å². The number of thiazole rings is 1. The molecule has 0 saturated heterocycles. The topological polar surface area (TPSA) is 58.5 Å². The van der Waals surface area contributed by atoms with E-state index in [-0.39, 0.29) is 0 Å². The van der Waals surface area contributed by atoms with Crippen molar-refractivity contribution in [3.8, 4) is 5.75 Å². The van der Waals surface area contributed by atoms with Crippen molar-refractivity contribution in [3.63, 3.8) is 0 Å². The lowest BCUT2D eigenvalue weighted by atomic mass is 10.2. The van der Waals surface area contributed by atoms with Crippen LogP contribution < -0.4 is 15.4 Å². The van der Waals surface area contributed by atoms with Crippen molar-refractivity contribution < 1.29 is 4.74 Å². The zero-order valence-electron chi connectivity index (χ0n) is 13.9. The van der Waals surface area contributed by atoms with E-state index in [4.69, 9.17) is 4.74 Å². The number of benzene rings is 1. The van der Waals surface area contributed by atoms with Crippen LogP contribution in [0.15, 0.2) is 34.6 Å². The minimum atomic E-state index is 0.660. The van der Waals surface area contributed by atoms with Crippen molar-refractivity contribution in [3.05, 3.63) is 45.9 Å². The highest BCUT2D eigenvalue weighted by Crippen LogP contribution is 2.17. The van der Waals surface area contributed by atoms with Crippen molar-refractivity contribution in [2.75, 3.05) is 13.7 Å². The smallest absolute Gasteiger partial charge is 0.191 e. The first-order valence-electron chi connectivity index (χ1n) is 7.85. The molecule has 0 radical (unpaired) electrons. The quantitative estimate of drug-likeness (QED) is 0.604. The SMILES string of the molecule is CCOc1ccccc1CNC(=NC)NCc1csc(CC)n1. The fourth-order valence-corrected chi connectivity index (χ4v) is 2.86. The largest absolute Gasteiger partial charge is 0.494 e. The van der Waals surface area contributed by atoms with Gasteiger partial charge in [-0.15, -0.1) is 11.3 Å². The highest BCUT2D eigenvalue weighted by Gasteiger charge is 2.05. The number of ether oxygens (including phenoxy) is 1. The summed E-state index contributed by atoms with van der Waals surface area (Å²) in [6.07, 6.45) is 0.978. The van der Waals surface area contributed by atoms with Crippen molar-refractivity contribution in [1.82, 2.24) is 15.6 Å². The van der Waals surface area contributed by atoms with E-state index in [0.29, 0.717) is 19.7 Å². The molecule has 2 N–H and O–H groups in total. The fraction of sp³-hybridized carbons (Fsp3) is 0.412. The summed E-state index contributed by atoms with van der Waals surface area (Å²) in [5.74, 6) is 1.66. The number of aryl methyl sites for hydroxylation is 1. The van der Waals surface area contributed by atoms with Gasteiger partial charge in [0.15, 0.2) is 5.96 Å². The summed E-state index contributed by atoms with van der Waals surface area (Å²) in [4.78, 5) is 8.80. The molecule has 0 fully saturated rings. The van der Waals surface area contributed by atoms with Gasteiger partial charge in [-0.1, -0.05) is 25.1 Å². The van der Waals surface area contributed by atoms with Crippen molar-refractivity contribution in [2.45, 2.75) is 33.4 Å². The molecule has 23 heavy (non-hydrogen) atoms. The summed E-state index contributed by atoms with van der Waals surface area (Å²) in [5, 5.41) is 9.85. The molecule has 6 heteroatoms. The summed E-state index contributed by atoms with van der Waals surface area (Å²) in [6, 6.07) is 8.03. The van der Waals surface area contributed by atoms with E-state index in [1.165, 1.54) is 0 Å². The molecule has 1 heterocycles. The van der Waals surface area contributed by atoms with Gasteiger partial charge >= 0.3 is 0 Å². The van der Waals surface area contributed by atoms with Crippen LogP contribution >= 0.6 is 11.3 Å². The van der Waals surface area contributed by atoms with Gasteiger partial charge < -0.3 is 15.4 Å². The molecule has 2 aromatic rings. The van der Waals surface area contributed by atoms with Gasteiger partial charge in [0, 0.05) is 24.5 Å². The van der Waals surface area contributed by atoms with Crippen LogP contribution in [0.5, 0.6) is 5.75 Å². The maximum Gasteiger partial charge on any atom is 0.191 e. The van der Waals surface area contributed by atoms with E-state index in [1.807, 2.05) is 25.1 Å². The number of rotatable bonds is 7. The third kappa shape index (κ3) is 5.25. The number of hydrogen-bond donors (Lipinski definition) is 2. The van der Waals surface area contributed by atoms with Crippen molar-refractivity contribution >= 4 is 17.3 Å². The van der Waals surface area contributed by atoms with Crippen LogP contribution in [0.2, 0.25) is 0 Å². The molecule has 5 nitrogen and oxygen atoms in total. The standard InChI is InChI=1S/C17H24N4OS/c1-4-16-21-14(12-23-16)11-20-17(18-3)19-10-13-8-6-7-9-15(13)22-5-2/h6-9,12H,4-5,10-11H2,1-3H3,(H2,18,19,20). The predicted octanol–water partition coefficient (Wildman–Crippen LogP) is 2.97. The third-order valence-electron chi connectivity index (χ3n) is 3.28. The van der Waals surface area contributed by atoms with Gasteiger partial charge in [0.25, 0.3) is 0 Å². The molecule has 0 aliphatic rings. The Kier molecular flexibility index (Phi) is 6.87. The molecule has 124 valence electrons. The van der Waals surface area contributed by atoms with E-state index in [2.05, 4.69) is 39.0 Å². The van der Waals surface area contributed by atoms with E-state index >= 15 is 0 Å². The number of nitrogens with zero attached hydrogens (tertiary/aromatic N) is 2. The Balaban J connectivity index is 1.88. The van der Waals surface area contributed by atoms with Gasteiger partial charge in [-0.2, -0.15) is 0 Å². The second-order valence-electron chi connectivity index (χ2n) is 4.91. The molecule has 0 saturated carbocycles. The Morgan fingerprint density at radius 2 is 2.00 bits per heavy atom. The molecule has 2 rings (SSSR count). The van der Waals surface area contributed by atoms with Crippen LogP contribution in [-0.4, -0.2) is 24.6 Å². The van der Waals surface area contributed by atoms with Crippen molar-refractivity contribution in [2.24, 2.45) is 4.99 Å². The minimum absolute atomic E-state index is 0.660. The molecular formula is C17H24N4OS. The number of aliphatic imine (C=N–C) groups is 1. The maximum atomic E-state index is 5.64. The zero-order valence-corrected chi connectivity index (χ0v) is 14.7. The summed E-state index contributed by atoms with van der Waals surface area (Å²) >= 11 is 1.70. The van der Waals surface area contributed by atoms with Crippen LogP contribution in [0.1, 0.15) is 30.1 Å². The van der Waals surface area contributed by atoms with E-state index in [1.54, 1.807) is 18.4 Å². The average molecular weight is 332 g/mol. The van der Waals surface area contributed by atoms with Crippen molar-refractivity contribution in [1.29, 1.82) is 0 Å². The average Bonchev–Trinajstić information content (AvgIpc) is 3.04. The van der Waals surface area contributed by atoms with Crippen LogP contribution in [-0.2, 0) is 19.5 Å². The monoisotopic (exact) mass is 332 g/mol. The summed E-state index contributed by atoms with van der Waals surface area (Å²) in [7, 11) is 1.77. The lowest BCUT2D eigenvalue weighted by Gasteiger charge is -2.13. The summed E-state index contributed by atoms with van der Waals surface area (Å²) in [6.45, 7) is 6.10. The fourth-order valence-electron chi connectivity index (χ4n) is 2.11. The van der Waals surface area contributed by atoms with Crippen LogP contribution in [0.25, 0.3) is 0 Å². The van der Waals surface area contributed by atoms with Crippen LogP contribution in [0.3, 0.4) is 0 Å². The predicted molar refractivity (Wildman–Crippen MR) is 96.1 cm³/mol. The molecule has 1 aromatic heterocycles. The Hall–Kier alpha value is -2.08. The first-order valence-corrected chi connectivity index (χ1v) is 8.73. The molecule has 0 atom stereocenters. The first kappa shape index (κ1) is 17.3. The van der Waals surface area contributed by atoms with Gasteiger partial charge in [0.05, 0.1) is 23.9 Å². The highest BCUT2D eigenvalue weighted by molar-refractivity contribution is 7.09. The number of guanidine groups is 1. The maximum absolute atomic E-state index is 5.64. The lowest BCUT2D eigenvalue weighted by Crippen LogP contribution is -2.36. The van der Waals surface area contributed by atoms with Crippen LogP contribution in [0, 0.1) is 0 Å². The van der Waals surface area contributed by atoms with Gasteiger partial charge in [0.1, 0.15) is 5.75 Å². The van der Waals surface area contributed by atoms with Gasteiger partial charge in [-0.25, -0.2) is 4.98 Å². The Morgan fingerprint density at radius 1 is 1.22 bits per heavy atom. The van der Waals surface area contributed by atoms with E-state index < -0.39 is 0 Å². The Labute approximate surface area is 141 Å². The Morgan fingerprint density at radius 3 is 2.70 bits per heavy atom. The number of aromatic nitrogens is 1. The molecule has 0 unspecified atom stereocenters. The molecule has 0 aliphatic carbocycles. The molecule has 1 aromatic carbocycles. The highest BCUT2D eigenvalue weighted by atomic mass is 32.1. The first-order chi connectivity index (χ1) is 11.3. The van der Waals surface area contributed by atoms with Gasteiger partial charge in [-0.05, 0) is 19.4 Å². The van der Waals surface area contributed by atoms with E-state index in [0.717, 1.165) is 34.4 Å². The second kappa shape index (κ2) is 9.15. The van der Waals surface area contributed by atoms with E-state index in [9.17, 15) is 0 Å². The second-order valence-corrected chi connectivity index (χ2v) is 5.85. The number of hydrogen-bond acceptors (Lipinski definition) is 4. The summed E-state index contributed by atoms with van der Waals surface area (Å²) in [5.41, 5.74) is 2.16. The Bertz CT molecular complexity index is 639. The molecule has 0 amide bonds. The third-order valence-corrected chi connectivity index (χ3v) is 4.32. The molecule has 0 spiro atoms.